The fourth-order valence-electron chi connectivity index (χ4n) is 3.65. The molecule has 1 atom stereocenters. The van der Waals surface area contributed by atoms with Crippen LogP contribution in [0, 0.1) is 5.92 Å². The molecule has 1 saturated carbocycles. The predicted octanol–water partition coefficient (Wildman–Crippen LogP) is 5.17. The molecule has 3 nitrogen and oxygen atoms in total. The third-order valence-electron chi connectivity index (χ3n) is 4.92. The molecule has 1 N–H and O–H groups in total. The third-order valence-corrected chi connectivity index (χ3v) is 5.47. The average Bonchev–Trinajstić information content (AvgIpc) is 3.04. The van der Waals surface area contributed by atoms with E-state index < -0.39 is 5.60 Å². The molecule has 0 radical (unpaired) electrons. The minimum atomic E-state index is -1.14. The summed E-state index contributed by atoms with van der Waals surface area (Å²) in [6.07, 6.45) is 9.86. The molecule has 1 aromatic heterocycles. The van der Waals surface area contributed by atoms with Crippen LogP contribution in [-0.2, 0) is 10.9 Å². The van der Waals surface area contributed by atoms with Gasteiger partial charge in [0.15, 0.2) is 5.60 Å². The van der Waals surface area contributed by atoms with Crippen molar-refractivity contribution in [3.63, 3.8) is 0 Å². The first kappa shape index (κ1) is 16.7. The van der Waals surface area contributed by atoms with E-state index in [0.717, 1.165) is 37.0 Å². The summed E-state index contributed by atoms with van der Waals surface area (Å²) < 4.78 is 5.87. The minimum Gasteiger partial charge on any atom is -0.441 e. The number of hydrogen-bond donors (Lipinski definition) is 1. The number of benzene rings is 1. The molecule has 0 aliphatic heterocycles. The molecular weight excluding hydrogens is 354 g/mol. The lowest BCUT2D eigenvalue weighted by atomic mass is 9.74. The van der Waals surface area contributed by atoms with E-state index in [1.165, 1.54) is 19.3 Å². The first-order chi connectivity index (χ1) is 11.2. The molecule has 23 heavy (non-hydrogen) atoms. The van der Waals surface area contributed by atoms with Crippen LogP contribution in [0.25, 0.3) is 0 Å². The maximum atomic E-state index is 11.7. The summed E-state index contributed by atoms with van der Waals surface area (Å²) >= 11 is 3.40. The zero-order valence-electron chi connectivity index (χ0n) is 13.4. The van der Waals surface area contributed by atoms with Gasteiger partial charge in [-0.05, 0) is 18.4 Å². The number of halogens is 1. The second kappa shape index (κ2) is 7.63. The van der Waals surface area contributed by atoms with Crippen molar-refractivity contribution in [1.29, 1.82) is 0 Å². The number of alkyl halides is 1. The summed E-state index contributed by atoms with van der Waals surface area (Å²) in [5.41, 5.74) is -0.257. The molecule has 3 rings (SSSR count). The van der Waals surface area contributed by atoms with Crippen LogP contribution < -0.4 is 0 Å². The van der Waals surface area contributed by atoms with Crippen molar-refractivity contribution in [2.24, 2.45) is 5.92 Å². The summed E-state index contributed by atoms with van der Waals surface area (Å²) in [6, 6.07) is 9.88. The van der Waals surface area contributed by atoms with Crippen LogP contribution in [0.4, 0.5) is 0 Å². The first-order valence-electron chi connectivity index (χ1n) is 8.54. The Hall–Kier alpha value is -1.13. The Bertz CT molecular complexity index is 605. The van der Waals surface area contributed by atoms with Gasteiger partial charge in [0.2, 0.25) is 5.89 Å². The van der Waals surface area contributed by atoms with Gasteiger partial charge in [0.05, 0.1) is 11.5 Å². The fourth-order valence-corrected chi connectivity index (χ4v) is 3.90. The van der Waals surface area contributed by atoms with E-state index in [9.17, 15) is 5.11 Å². The Morgan fingerprint density at radius 3 is 2.35 bits per heavy atom. The van der Waals surface area contributed by atoms with E-state index in [-0.39, 0.29) is 5.92 Å². The maximum absolute atomic E-state index is 11.7. The molecule has 1 aliphatic carbocycles. The highest BCUT2D eigenvalue weighted by Gasteiger charge is 2.43. The van der Waals surface area contributed by atoms with Gasteiger partial charge in [0.25, 0.3) is 0 Å². The van der Waals surface area contributed by atoms with Crippen LogP contribution in [-0.4, -0.2) is 10.1 Å². The van der Waals surface area contributed by atoms with Crippen LogP contribution in [0.3, 0.4) is 0 Å². The van der Waals surface area contributed by atoms with E-state index >= 15 is 0 Å². The maximum Gasteiger partial charge on any atom is 0.231 e. The predicted molar refractivity (Wildman–Crippen MR) is 94.4 cm³/mol. The number of aliphatic hydroxyl groups is 1. The van der Waals surface area contributed by atoms with E-state index in [4.69, 9.17) is 4.42 Å². The largest absolute Gasteiger partial charge is 0.441 e. The summed E-state index contributed by atoms with van der Waals surface area (Å²) in [4.78, 5) is 4.42. The van der Waals surface area contributed by atoms with Gasteiger partial charge in [0.1, 0.15) is 5.76 Å². The molecule has 0 bridgehead atoms. The zero-order chi connectivity index (χ0) is 16.1. The Morgan fingerprint density at radius 2 is 1.74 bits per heavy atom. The molecule has 4 heteroatoms. The van der Waals surface area contributed by atoms with Gasteiger partial charge in [0, 0.05) is 5.92 Å². The summed E-state index contributed by atoms with van der Waals surface area (Å²) in [5, 5.41) is 12.3. The van der Waals surface area contributed by atoms with Gasteiger partial charge in [-0.1, -0.05) is 78.4 Å². The van der Waals surface area contributed by atoms with Gasteiger partial charge < -0.3 is 9.52 Å². The summed E-state index contributed by atoms with van der Waals surface area (Å²) in [5.74, 6) is 1.33. The van der Waals surface area contributed by atoms with Crippen LogP contribution >= 0.6 is 15.9 Å². The van der Waals surface area contributed by atoms with Gasteiger partial charge in [-0.3, -0.25) is 0 Å². The normalized spacial score (nSPS) is 19.7. The summed E-state index contributed by atoms with van der Waals surface area (Å²) in [7, 11) is 0. The third kappa shape index (κ3) is 3.53. The standard InChI is InChI=1S/C19H24BrNO2/c20-13-17-14-21-18(23-17)19(22,16-11-7-4-8-12-16)15-9-5-2-1-3-6-10-15/h4,7-8,11-12,14-15,22H,1-3,5-6,9-10,13H2. The van der Waals surface area contributed by atoms with Crippen molar-refractivity contribution in [2.75, 3.05) is 0 Å². The number of hydrogen-bond acceptors (Lipinski definition) is 3. The topological polar surface area (TPSA) is 46.3 Å². The van der Waals surface area contributed by atoms with Crippen LogP contribution in [0.1, 0.15) is 62.2 Å². The van der Waals surface area contributed by atoms with Crippen LogP contribution in [0.15, 0.2) is 40.9 Å². The number of rotatable bonds is 4. The Morgan fingerprint density at radius 1 is 1.09 bits per heavy atom. The number of aromatic nitrogens is 1. The molecule has 2 aromatic rings. The van der Waals surface area contributed by atoms with Crippen LogP contribution in [0.5, 0.6) is 0 Å². The second-order valence-corrected chi connectivity index (χ2v) is 7.00. The minimum absolute atomic E-state index is 0.145. The Labute approximate surface area is 146 Å². The molecule has 1 aliphatic rings. The van der Waals surface area contributed by atoms with Crippen molar-refractivity contribution in [1.82, 2.24) is 4.98 Å². The zero-order valence-corrected chi connectivity index (χ0v) is 15.0. The molecule has 0 amide bonds. The van der Waals surface area contributed by atoms with E-state index in [1.807, 2.05) is 30.3 Å². The molecule has 1 unspecified atom stereocenters. The molecule has 1 heterocycles. The van der Waals surface area contributed by atoms with Crippen molar-refractivity contribution in [2.45, 2.75) is 55.9 Å². The lowest BCUT2D eigenvalue weighted by Crippen LogP contribution is -2.37. The fraction of sp³-hybridized carbons (Fsp3) is 0.526. The van der Waals surface area contributed by atoms with E-state index in [2.05, 4.69) is 20.9 Å². The number of nitrogens with zero attached hydrogens (tertiary/aromatic N) is 1. The average molecular weight is 378 g/mol. The highest BCUT2D eigenvalue weighted by Crippen LogP contribution is 2.42. The van der Waals surface area contributed by atoms with Crippen molar-refractivity contribution >= 4 is 15.9 Å². The highest BCUT2D eigenvalue weighted by molar-refractivity contribution is 9.08. The Balaban J connectivity index is 2.01. The monoisotopic (exact) mass is 377 g/mol. The molecule has 0 spiro atoms. The quantitative estimate of drug-likeness (QED) is 0.747. The molecule has 1 fully saturated rings. The van der Waals surface area contributed by atoms with Crippen molar-refractivity contribution < 1.29 is 9.52 Å². The van der Waals surface area contributed by atoms with Crippen LogP contribution in [0.2, 0.25) is 0 Å². The van der Waals surface area contributed by atoms with Gasteiger partial charge >= 0.3 is 0 Å². The SMILES string of the molecule is OC(c1ccccc1)(c1ncc(CBr)o1)C1CCCCCCC1. The Kier molecular flexibility index (Phi) is 5.54. The molecule has 1 aromatic carbocycles. The highest BCUT2D eigenvalue weighted by atomic mass is 79.9. The molecule has 0 saturated heterocycles. The van der Waals surface area contributed by atoms with Crippen molar-refractivity contribution in [3.8, 4) is 0 Å². The lowest BCUT2D eigenvalue weighted by molar-refractivity contribution is -0.0194. The molecular formula is C19H24BrNO2. The first-order valence-corrected chi connectivity index (χ1v) is 9.66. The van der Waals surface area contributed by atoms with Gasteiger partial charge in [-0.25, -0.2) is 4.98 Å². The second-order valence-electron chi connectivity index (χ2n) is 6.44. The van der Waals surface area contributed by atoms with E-state index in [1.54, 1.807) is 6.20 Å². The van der Waals surface area contributed by atoms with E-state index in [0.29, 0.717) is 11.2 Å². The lowest BCUT2D eigenvalue weighted by Gasteiger charge is -2.35. The molecule has 124 valence electrons. The summed E-state index contributed by atoms with van der Waals surface area (Å²) in [6.45, 7) is 0. The smallest absolute Gasteiger partial charge is 0.231 e. The van der Waals surface area contributed by atoms with Gasteiger partial charge in [-0.15, -0.1) is 0 Å². The van der Waals surface area contributed by atoms with Gasteiger partial charge in [-0.2, -0.15) is 0 Å². The number of oxazole rings is 1. The van der Waals surface area contributed by atoms with Crippen molar-refractivity contribution in [3.05, 3.63) is 53.7 Å².